The fourth-order valence-corrected chi connectivity index (χ4v) is 1.93. The zero-order valence-corrected chi connectivity index (χ0v) is 10.2. The third-order valence-corrected chi connectivity index (χ3v) is 3.00. The van der Waals surface area contributed by atoms with Gasteiger partial charge in [0.25, 0.3) is 0 Å². The number of furan rings is 1. The molecular formula is C13H12O3S. The summed E-state index contributed by atoms with van der Waals surface area (Å²) in [5.74, 6) is 0.887. The first kappa shape index (κ1) is 11.8. The molecule has 0 saturated carbocycles. The summed E-state index contributed by atoms with van der Waals surface area (Å²) in [6.07, 6.45) is 3.44. The highest BCUT2D eigenvalue weighted by Crippen LogP contribution is 2.26. The van der Waals surface area contributed by atoms with Crippen LogP contribution in [0.1, 0.15) is 10.6 Å². The van der Waals surface area contributed by atoms with Crippen molar-refractivity contribution in [2.75, 3.05) is 12.9 Å². The number of para-hydroxylation sites is 1. The molecule has 0 amide bonds. The van der Waals surface area contributed by atoms with Gasteiger partial charge in [0.2, 0.25) is 5.78 Å². The highest BCUT2D eigenvalue weighted by atomic mass is 32.2. The molecule has 1 aromatic carbocycles. The molecule has 0 aliphatic heterocycles. The van der Waals surface area contributed by atoms with Crippen LogP contribution in [0.3, 0.4) is 0 Å². The Kier molecular flexibility index (Phi) is 3.88. The third-order valence-electron chi connectivity index (χ3n) is 2.22. The quantitative estimate of drug-likeness (QED) is 0.601. The van der Waals surface area contributed by atoms with Crippen LogP contribution in [0.2, 0.25) is 0 Å². The Morgan fingerprint density at radius 2 is 2.12 bits per heavy atom. The second-order valence-corrected chi connectivity index (χ2v) is 4.19. The Morgan fingerprint density at radius 3 is 2.82 bits per heavy atom. The average Bonchev–Trinajstić information content (AvgIpc) is 2.90. The van der Waals surface area contributed by atoms with E-state index in [1.807, 2.05) is 30.5 Å². The molecule has 0 atom stereocenters. The molecule has 0 saturated heterocycles. The zero-order valence-electron chi connectivity index (χ0n) is 9.38. The molecule has 4 heteroatoms. The first-order valence-corrected chi connectivity index (χ1v) is 6.36. The van der Waals surface area contributed by atoms with Crippen molar-refractivity contribution in [3.63, 3.8) is 0 Å². The van der Waals surface area contributed by atoms with Gasteiger partial charge in [0, 0.05) is 4.90 Å². The molecule has 2 aromatic rings. The van der Waals surface area contributed by atoms with Crippen molar-refractivity contribution in [1.29, 1.82) is 0 Å². The highest BCUT2D eigenvalue weighted by Gasteiger charge is 2.10. The minimum atomic E-state index is -0.161. The summed E-state index contributed by atoms with van der Waals surface area (Å²) in [4.78, 5) is 12.7. The van der Waals surface area contributed by atoms with Gasteiger partial charge in [-0.15, -0.1) is 11.8 Å². The predicted molar refractivity (Wildman–Crippen MR) is 66.8 cm³/mol. The summed E-state index contributed by atoms with van der Waals surface area (Å²) in [5.41, 5.74) is 0. The largest absolute Gasteiger partial charge is 0.484 e. The Balaban J connectivity index is 2.00. The van der Waals surface area contributed by atoms with Crippen molar-refractivity contribution in [2.24, 2.45) is 0 Å². The van der Waals surface area contributed by atoms with E-state index in [1.165, 1.54) is 6.26 Å². The summed E-state index contributed by atoms with van der Waals surface area (Å²) in [6, 6.07) is 10.9. The second kappa shape index (κ2) is 5.59. The first-order valence-electron chi connectivity index (χ1n) is 5.14. The van der Waals surface area contributed by atoms with E-state index in [0.29, 0.717) is 5.76 Å². The van der Waals surface area contributed by atoms with Gasteiger partial charge in [-0.3, -0.25) is 4.79 Å². The summed E-state index contributed by atoms with van der Waals surface area (Å²) >= 11 is 1.58. The molecule has 0 aliphatic carbocycles. The lowest BCUT2D eigenvalue weighted by molar-refractivity contribution is 0.0892. The van der Waals surface area contributed by atoms with Gasteiger partial charge >= 0.3 is 0 Å². The van der Waals surface area contributed by atoms with Crippen LogP contribution in [0.15, 0.2) is 52.0 Å². The van der Waals surface area contributed by atoms with Crippen LogP contribution in [0, 0.1) is 0 Å². The fourth-order valence-electron chi connectivity index (χ4n) is 1.39. The molecule has 88 valence electrons. The Bertz CT molecular complexity index is 491. The maximum atomic E-state index is 11.7. The van der Waals surface area contributed by atoms with Crippen LogP contribution >= 0.6 is 11.8 Å². The Morgan fingerprint density at radius 1 is 1.29 bits per heavy atom. The molecule has 2 rings (SSSR count). The maximum Gasteiger partial charge on any atom is 0.235 e. The van der Waals surface area contributed by atoms with Gasteiger partial charge in [0.15, 0.2) is 12.4 Å². The molecule has 1 heterocycles. The number of ketones is 1. The Hall–Kier alpha value is -1.68. The lowest BCUT2D eigenvalue weighted by Crippen LogP contribution is -2.11. The number of Topliss-reactive ketones (excluding diaryl/α,β-unsaturated/α-hetero) is 1. The standard InChI is InChI=1S/C13H12O3S/c1-17-13-7-3-2-5-12(13)16-9-10(14)11-6-4-8-15-11/h2-8H,9H2,1H3. The SMILES string of the molecule is CSc1ccccc1OCC(=O)c1ccco1. The summed E-state index contributed by atoms with van der Waals surface area (Å²) in [5, 5.41) is 0. The smallest absolute Gasteiger partial charge is 0.235 e. The minimum Gasteiger partial charge on any atom is -0.484 e. The van der Waals surface area contributed by atoms with Gasteiger partial charge in [0.1, 0.15) is 5.75 Å². The van der Waals surface area contributed by atoms with Crippen LogP contribution < -0.4 is 4.74 Å². The molecule has 0 N–H and O–H groups in total. The molecule has 0 unspecified atom stereocenters. The number of carbonyl (C=O) groups excluding carboxylic acids is 1. The molecule has 0 spiro atoms. The molecular weight excluding hydrogens is 236 g/mol. The highest BCUT2D eigenvalue weighted by molar-refractivity contribution is 7.98. The lowest BCUT2D eigenvalue weighted by atomic mass is 10.3. The molecule has 0 bridgehead atoms. The van der Waals surface area contributed by atoms with E-state index in [0.717, 1.165) is 10.6 Å². The monoisotopic (exact) mass is 248 g/mol. The normalized spacial score (nSPS) is 10.2. The summed E-state index contributed by atoms with van der Waals surface area (Å²) in [6.45, 7) is -0.00884. The van der Waals surface area contributed by atoms with Crippen molar-refractivity contribution in [1.82, 2.24) is 0 Å². The molecule has 3 nitrogen and oxygen atoms in total. The topological polar surface area (TPSA) is 39.4 Å². The maximum absolute atomic E-state index is 11.7. The van der Waals surface area contributed by atoms with Crippen molar-refractivity contribution >= 4 is 17.5 Å². The molecule has 0 aliphatic rings. The van der Waals surface area contributed by atoms with Gasteiger partial charge in [-0.2, -0.15) is 0 Å². The lowest BCUT2D eigenvalue weighted by Gasteiger charge is -2.08. The average molecular weight is 248 g/mol. The number of hydrogen-bond donors (Lipinski definition) is 0. The van der Waals surface area contributed by atoms with Crippen LogP contribution in [0.5, 0.6) is 5.75 Å². The number of ether oxygens (including phenoxy) is 1. The first-order chi connectivity index (χ1) is 8.31. The molecule has 0 fully saturated rings. The van der Waals surface area contributed by atoms with E-state index in [2.05, 4.69) is 0 Å². The van der Waals surface area contributed by atoms with E-state index < -0.39 is 0 Å². The van der Waals surface area contributed by atoms with Gasteiger partial charge in [-0.25, -0.2) is 0 Å². The zero-order chi connectivity index (χ0) is 12.1. The predicted octanol–water partition coefficient (Wildman–Crippen LogP) is 3.26. The summed E-state index contributed by atoms with van der Waals surface area (Å²) in [7, 11) is 0. The van der Waals surface area contributed by atoms with Crippen LogP contribution in [0.25, 0.3) is 0 Å². The van der Waals surface area contributed by atoms with Crippen LogP contribution in [-0.2, 0) is 0 Å². The van der Waals surface area contributed by atoms with E-state index >= 15 is 0 Å². The molecule has 17 heavy (non-hydrogen) atoms. The van der Waals surface area contributed by atoms with Crippen molar-refractivity contribution < 1.29 is 13.9 Å². The number of hydrogen-bond acceptors (Lipinski definition) is 4. The Labute approximate surface area is 104 Å². The van der Waals surface area contributed by atoms with Gasteiger partial charge in [-0.05, 0) is 30.5 Å². The van der Waals surface area contributed by atoms with Gasteiger partial charge in [-0.1, -0.05) is 12.1 Å². The van der Waals surface area contributed by atoms with E-state index in [9.17, 15) is 4.79 Å². The number of thioether (sulfide) groups is 1. The minimum absolute atomic E-state index is 0.00884. The number of rotatable bonds is 5. The fraction of sp³-hybridized carbons (Fsp3) is 0.154. The molecule has 0 radical (unpaired) electrons. The van der Waals surface area contributed by atoms with Crippen molar-refractivity contribution in [3.05, 3.63) is 48.4 Å². The van der Waals surface area contributed by atoms with Crippen LogP contribution in [0.4, 0.5) is 0 Å². The molecule has 1 aromatic heterocycles. The van der Waals surface area contributed by atoms with Gasteiger partial charge < -0.3 is 9.15 Å². The van der Waals surface area contributed by atoms with E-state index in [4.69, 9.17) is 9.15 Å². The van der Waals surface area contributed by atoms with Crippen molar-refractivity contribution in [2.45, 2.75) is 4.90 Å². The van der Waals surface area contributed by atoms with Crippen LogP contribution in [-0.4, -0.2) is 18.6 Å². The van der Waals surface area contributed by atoms with Gasteiger partial charge in [0.05, 0.1) is 6.26 Å². The third kappa shape index (κ3) is 2.91. The van der Waals surface area contributed by atoms with E-state index in [-0.39, 0.29) is 12.4 Å². The van der Waals surface area contributed by atoms with E-state index in [1.54, 1.807) is 23.9 Å². The second-order valence-electron chi connectivity index (χ2n) is 3.34. The summed E-state index contributed by atoms with van der Waals surface area (Å²) < 4.78 is 10.5. The van der Waals surface area contributed by atoms with Crippen molar-refractivity contribution in [3.8, 4) is 5.75 Å². The number of benzene rings is 1. The number of carbonyl (C=O) groups is 1.